The largest absolute Gasteiger partial charge is 0.493 e. The van der Waals surface area contributed by atoms with E-state index in [-0.39, 0.29) is 29.5 Å². The van der Waals surface area contributed by atoms with Gasteiger partial charge in [-0.2, -0.15) is 0 Å². The highest BCUT2D eigenvalue weighted by atomic mass is 16.5. The first-order chi connectivity index (χ1) is 7.93. The monoisotopic (exact) mass is 238 g/mol. The molecular formula is C14H22O3. The zero-order chi connectivity index (χ0) is 13.2. The first-order valence-corrected chi connectivity index (χ1v) is 6.38. The van der Waals surface area contributed by atoms with Crippen molar-refractivity contribution < 1.29 is 14.3 Å². The molecule has 0 spiro atoms. The summed E-state index contributed by atoms with van der Waals surface area (Å²) in [4.78, 5) is 23.8. The number of rotatable bonds is 4. The van der Waals surface area contributed by atoms with Gasteiger partial charge in [0.15, 0.2) is 5.78 Å². The van der Waals surface area contributed by atoms with Gasteiger partial charge in [0, 0.05) is 12.0 Å². The van der Waals surface area contributed by atoms with Crippen molar-refractivity contribution in [3.05, 3.63) is 11.3 Å². The van der Waals surface area contributed by atoms with Crippen molar-refractivity contribution in [1.29, 1.82) is 0 Å². The predicted molar refractivity (Wildman–Crippen MR) is 66.5 cm³/mol. The lowest BCUT2D eigenvalue weighted by Crippen LogP contribution is -2.36. The Bertz CT molecular complexity index is 354. The second-order valence-corrected chi connectivity index (χ2v) is 4.75. The number of ketones is 2. The van der Waals surface area contributed by atoms with Crippen LogP contribution < -0.4 is 0 Å². The molecule has 0 saturated heterocycles. The molecule has 3 atom stereocenters. The van der Waals surface area contributed by atoms with Crippen LogP contribution in [-0.4, -0.2) is 17.7 Å². The minimum atomic E-state index is -0.300. The van der Waals surface area contributed by atoms with E-state index in [0.29, 0.717) is 17.8 Å². The highest BCUT2D eigenvalue weighted by Crippen LogP contribution is 2.31. The van der Waals surface area contributed by atoms with Crippen LogP contribution in [0, 0.1) is 11.8 Å². The van der Waals surface area contributed by atoms with E-state index in [9.17, 15) is 9.59 Å². The molecular weight excluding hydrogens is 216 g/mol. The zero-order valence-corrected chi connectivity index (χ0v) is 11.4. The van der Waals surface area contributed by atoms with Gasteiger partial charge in [0.05, 0.1) is 11.8 Å². The highest BCUT2D eigenvalue weighted by molar-refractivity contribution is 5.99. The van der Waals surface area contributed by atoms with Crippen molar-refractivity contribution >= 4 is 11.6 Å². The number of carbonyl (C=O) groups is 2. The number of ether oxygens (including phenoxy) is 1. The van der Waals surface area contributed by atoms with E-state index in [1.165, 1.54) is 0 Å². The molecule has 0 aliphatic carbocycles. The van der Waals surface area contributed by atoms with Crippen molar-refractivity contribution in [1.82, 2.24) is 0 Å². The number of Topliss-reactive ketones (excluding diaryl/α,β-unsaturated/α-hetero) is 2. The van der Waals surface area contributed by atoms with Crippen molar-refractivity contribution in [2.75, 3.05) is 0 Å². The maximum absolute atomic E-state index is 12.1. The van der Waals surface area contributed by atoms with Gasteiger partial charge >= 0.3 is 0 Å². The van der Waals surface area contributed by atoms with E-state index in [4.69, 9.17) is 4.74 Å². The summed E-state index contributed by atoms with van der Waals surface area (Å²) in [5.41, 5.74) is 0.622. The Hall–Kier alpha value is -1.12. The molecule has 1 heterocycles. The Morgan fingerprint density at radius 2 is 2.00 bits per heavy atom. The van der Waals surface area contributed by atoms with Crippen molar-refractivity contribution in [2.45, 2.75) is 53.6 Å². The third-order valence-corrected chi connectivity index (χ3v) is 3.62. The lowest BCUT2D eigenvalue weighted by atomic mass is 9.86. The van der Waals surface area contributed by atoms with E-state index in [1.807, 2.05) is 27.7 Å². The summed E-state index contributed by atoms with van der Waals surface area (Å²) in [7, 11) is 0. The Morgan fingerprint density at radius 1 is 1.41 bits per heavy atom. The summed E-state index contributed by atoms with van der Waals surface area (Å²) >= 11 is 0. The summed E-state index contributed by atoms with van der Waals surface area (Å²) in [6.45, 7) is 9.31. The molecule has 3 heteroatoms. The zero-order valence-electron chi connectivity index (χ0n) is 11.4. The van der Waals surface area contributed by atoms with Crippen LogP contribution in [0.25, 0.3) is 0 Å². The summed E-state index contributed by atoms with van der Waals surface area (Å²) in [6.07, 6.45) is 1.17. The summed E-state index contributed by atoms with van der Waals surface area (Å²) in [6, 6.07) is 0. The molecule has 0 amide bonds. The molecule has 1 aliphatic heterocycles. The lowest BCUT2D eigenvalue weighted by molar-refractivity contribution is -0.128. The van der Waals surface area contributed by atoms with Crippen molar-refractivity contribution in [3.8, 4) is 0 Å². The number of allylic oxidation sites excluding steroid dienone is 2. The van der Waals surface area contributed by atoms with E-state index < -0.39 is 0 Å². The summed E-state index contributed by atoms with van der Waals surface area (Å²) in [5, 5.41) is 0. The van der Waals surface area contributed by atoms with Gasteiger partial charge in [-0.3, -0.25) is 9.59 Å². The molecule has 0 unspecified atom stereocenters. The molecule has 0 aromatic heterocycles. The average Bonchev–Trinajstić information content (AvgIpc) is 2.34. The van der Waals surface area contributed by atoms with Gasteiger partial charge in [-0.25, -0.2) is 0 Å². The molecule has 0 aromatic rings. The third-order valence-electron chi connectivity index (χ3n) is 3.62. The summed E-state index contributed by atoms with van der Waals surface area (Å²) in [5.74, 6) is 0.426. The molecule has 1 rings (SSSR count). The normalized spacial score (nSPS) is 26.8. The molecule has 0 aromatic carbocycles. The molecule has 96 valence electrons. The number of hydrogen-bond donors (Lipinski definition) is 0. The van der Waals surface area contributed by atoms with Crippen LogP contribution in [0.2, 0.25) is 0 Å². The molecule has 0 bridgehead atoms. The Labute approximate surface area is 103 Å². The number of carbonyl (C=O) groups excluding carboxylic acids is 2. The fraction of sp³-hybridized carbons (Fsp3) is 0.714. The van der Waals surface area contributed by atoms with Crippen LogP contribution in [0.15, 0.2) is 11.3 Å². The van der Waals surface area contributed by atoms with Crippen LogP contribution in [0.4, 0.5) is 0 Å². The molecule has 1 aliphatic rings. The van der Waals surface area contributed by atoms with Crippen LogP contribution in [0.1, 0.15) is 47.5 Å². The SMILES string of the molecule is CCC(=O)[C@H](C)C1=C(C)C(=O)[C@H](C)[C@H](CC)O1. The average molecular weight is 238 g/mol. The van der Waals surface area contributed by atoms with Crippen LogP contribution >= 0.6 is 0 Å². The first-order valence-electron chi connectivity index (χ1n) is 6.38. The van der Waals surface area contributed by atoms with E-state index in [0.717, 1.165) is 6.42 Å². The molecule has 0 radical (unpaired) electrons. The predicted octanol–water partition coefficient (Wildman–Crippen LogP) is 2.89. The molecule has 0 N–H and O–H groups in total. The second kappa shape index (κ2) is 5.48. The Balaban J connectivity index is 3.05. The van der Waals surface area contributed by atoms with Gasteiger partial charge in [0.25, 0.3) is 0 Å². The van der Waals surface area contributed by atoms with Crippen LogP contribution in [-0.2, 0) is 14.3 Å². The van der Waals surface area contributed by atoms with Gasteiger partial charge in [0.1, 0.15) is 17.6 Å². The van der Waals surface area contributed by atoms with E-state index in [2.05, 4.69) is 0 Å². The van der Waals surface area contributed by atoms with Gasteiger partial charge < -0.3 is 4.74 Å². The molecule has 0 saturated carbocycles. The summed E-state index contributed by atoms with van der Waals surface area (Å²) < 4.78 is 5.85. The minimum Gasteiger partial charge on any atom is -0.493 e. The fourth-order valence-electron chi connectivity index (χ4n) is 2.30. The lowest BCUT2D eigenvalue weighted by Gasteiger charge is -2.33. The quantitative estimate of drug-likeness (QED) is 0.756. The van der Waals surface area contributed by atoms with Crippen LogP contribution in [0.3, 0.4) is 0 Å². The van der Waals surface area contributed by atoms with Gasteiger partial charge in [0.2, 0.25) is 0 Å². The fourth-order valence-corrected chi connectivity index (χ4v) is 2.30. The van der Waals surface area contributed by atoms with Crippen molar-refractivity contribution in [3.63, 3.8) is 0 Å². The van der Waals surface area contributed by atoms with Gasteiger partial charge in [-0.1, -0.05) is 20.8 Å². The topological polar surface area (TPSA) is 43.4 Å². The van der Waals surface area contributed by atoms with Crippen molar-refractivity contribution in [2.24, 2.45) is 11.8 Å². The van der Waals surface area contributed by atoms with Crippen LogP contribution in [0.5, 0.6) is 0 Å². The number of hydrogen-bond acceptors (Lipinski definition) is 3. The second-order valence-electron chi connectivity index (χ2n) is 4.75. The van der Waals surface area contributed by atoms with E-state index in [1.54, 1.807) is 6.92 Å². The van der Waals surface area contributed by atoms with Gasteiger partial charge in [-0.05, 0) is 20.3 Å². The first kappa shape index (κ1) is 13.9. The minimum absolute atomic E-state index is 0.0895. The Morgan fingerprint density at radius 3 is 2.47 bits per heavy atom. The highest BCUT2D eigenvalue weighted by Gasteiger charge is 2.35. The molecule has 3 nitrogen and oxygen atoms in total. The third kappa shape index (κ3) is 2.59. The maximum Gasteiger partial charge on any atom is 0.168 e. The smallest absolute Gasteiger partial charge is 0.168 e. The van der Waals surface area contributed by atoms with E-state index >= 15 is 0 Å². The maximum atomic E-state index is 12.1. The van der Waals surface area contributed by atoms with Gasteiger partial charge in [-0.15, -0.1) is 0 Å². The standard InChI is InChI=1S/C14H22O3/c1-6-11(15)8(3)14-10(5)13(16)9(4)12(7-2)17-14/h8-9,12H,6-7H2,1-5H3/t8-,9+,12-/m0/s1. The molecule has 0 fully saturated rings. The molecule has 17 heavy (non-hydrogen) atoms. The Kier molecular flexibility index (Phi) is 4.49.